The Hall–Kier alpha value is -0.350. The van der Waals surface area contributed by atoms with Crippen LogP contribution >= 0.6 is 0 Å². The Morgan fingerprint density at radius 3 is 1.87 bits per heavy atom. The first-order chi connectivity index (χ1) is 10.9. The van der Waals surface area contributed by atoms with Gasteiger partial charge in [-0.05, 0) is 12.8 Å². The van der Waals surface area contributed by atoms with Crippen LogP contribution in [0.25, 0.3) is 0 Å². The SMILES string of the molecule is CCCCCCCCCCCCCC[n+]1ccn(CCO)c1.[Br-]. The molecule has 0 bridgehead atoms. The molecule has 23 heavy (non-hydrogen) atoms. The largest absolute Gasteiger partial charge is 1.00 e. The molecule has 0 radical (unpaired) electrons. The quantitative estimate of drug-likeness (QED) is 0.357. The van der Waals surface area contributed by atoms with Gasteiger partial charge < -0.3 is 22.1 Å². The highest BCUT2D eigenvalue weighted by Crippen LogP contribution is 2.11. The van der Waals surface area contributed by atoms with Crippen molar-refractivity contribution in [2.24, 2.45) is 0 Å². The lowest BCUT2D eigenvalue weighted by molar-refractivity contribution is -0.696. The summed E-state index contributed by atoms with van der Waals surface area (Å²) in [5, 5.41) is 8.89. The molecule has 0 amide bonds. The number of aliphatic hydroxyl groups is 1. The first kappa shape index (κ1) is 22.6. The molecule has 0 aliphatic rings. The molecule has 1 aromatic heterocycles. The van der Waals surface area contributed by atoms with Crippen LogP contribution in [-0.4, -0.2) is 16.3 Å². The molecule has 0 saturated carbocycles. The summed E-state index contributed by atoms with van der Waals surface area (Å²) >= 11 is 0. The number of imidazole rings is 1. The second-order valence-corrected chi connectivity index (χ2v) is 6.50. The first-order valence-corrected chi connectivity index (χ1v) is 9.52. The van der Waals surface area contributed by atoms with Crippen molar-refractivity contribution in [2.75, 3.05) is 6.61 Å². The van der Waals surface area contributed by atoms with Gasteiger partial charge in [-0.3, -0.25) is 0 Å². The monoisotopic (exact) mass is 388 g/mol. The number of halogens is 1. The number of hydrogen-bond acceptors (Lipinski definition) is 1. The highest BCUT2D eigenvalue weighted by Gasteiger charge is 2.02. The number of hydrogen-bond donors (Lipinski definition) is 1. The minimum Gasteiger partial charge on any atom is -1.00 e. The fourth-order valence-electron chi connectivity index (χ4n) is 2.95. The van der Waals surface area contributed by atoms with Gasteiger partial charge in [-0.1, -0.05) is 71.1 Å². The fourth-order valence-corrected chi connectivity index (χ4v) is 2.95. The second kappa shape index (κ2) is 16.5. The second-order valence-electron chi connectivity index (χ2n) is 6.50. The van der Waals surface area contributed by atoms with Crippen LogP contribution < -0.4 is 21.5 Å². The van der Waals surface area contributed by atoms with Crippen LogP contribution in [0.5, 0.6) is 0 Å². The molecule has 0 spiro atoms. The van der Waals surface area contributed by atoms with Crippen LogP contribution in [0.2, 0.25) is 0 Å². The van der Waals surface area contributed by atoms with E-state index >= 15 is 0 Å². The maximum atomic E-state index is 8.89. The average molecular weight is 389 g/mol. The van der Waals surface area contributed by atoms with E-state index in [0.29, 0.717) is 6.54 Å². The Bertz CT molecular complexity index is 355. The van der Waals surface area contributed by atoms with Crippen molar-refractivity contribution < 1.29 is 26.7 Å². The highest BCUT2D eigenvalue weighted by molar-refractivity contribution is 4.65. The summed E-state index contributed by atoms with van der Waals surface area (Å²) in [4.78, 5) is 0. The van der Waals surface area contributed by atoms with E-state index in [1.54, 1.807) is 0 Å². The van der Waals surface area contributed by atoms with Crippen molar-refractivity contribution in [3.63, 3.8) is 0 Å². The third-order valence-electron chi connectivity index (χ3n) is 4.37. The average Bonchev–Trinajstić information content (AvgIpc) is 2.96. The van der Waals surface area contributed by atoms with Crippen molar-refractivity contribution in [3.05, 3.63) is 18.7 Å². The molecular formula is C19H37BrN2O. The van der Waals surface area contributed by atoms with E-state index in [9.17, 15) is 0 Å². The third kappa shape index (κ3) is 12.7. The van der Waals surface area contributed by atoms with Crippen LogP contribution in [0.4, 0.5) is 0 Å². The predicted molar refractivity (Wildman–Crippen MR) is 92.8 cm³/mol. The summed E-state index contributed by atoms with van der Waals surface area (Å²) in [6, 6.07) is 0. The summed E-state index contributed by atoms with van der Waals surface area (Å²) in [5.41, 5.74) is 0. The van der Waals surface area contributed by atoms with E-state index in [1.807, 2.05) is 10.8 Å². The lowest BCUT2D eigenvalue weighted by Crippen LogP contribution is -3.00. The molecule has 1 N–H and O–H groups in total. The Kier molecular flexibility index (Phi) is 16.3. The maximum Gasteiger partial charge on any atom is 0.243 e. The zero-order valence-electron chi connectivity index (χ0n) is 15.1. The summed E-state index contributed by atoms with van der Waals surface area (Å²) < 4.78 is 4.27. The summed E-state index contributed by atoms with van der Waals surface area (Å²) in [6.07, 6.45) is 23.0. The van der Waals surface area contributed by atoms with E-state index in [4.69, 9.17) is 5.11 Å². The minimum atomic E-state index is 0. The van der Waals surface area contributed by atoms with Crippen molar-refractivity contribution >= 4 is 0 Å². The van der Waals surface area contributed by atoms with Gasteiger partial charge in [-0.2, -0.15) is 0 Å². The summed E-state index contributed by atoms with van der Waals surface area (Å²) in [5.74, 6) is 0. The number of nitrogens with zero attached hydrogens (tertiary/aromatic N) is 2. The summed E-state index contributed by atoms with van der Waals surface area (Å²) in [7, 11) is 0. The minimum absolute atomic E-state index is 0. The topological polar surface area (TPSA) is 29.0 Å². The van der Waals surface area contributed by atoms with Gasteiger partial charge in [0.15, 0.2) is 0 Å². The molecular weight excluding hydrogens is 352 g/mol. The van der Waals surface area contributed by atoms with Gasteiger partial charge in [0.1, 0.15) is 18.9 Å². The third-order valence-corrected chi connectivity index (χ3v) is 4.37. The first-order valence-electron chi connectivity index (χ1n) is 9.52. The number of aryl methyl sites for hydroxylation is 1. The number of aromatic nitrogens is 2. The lowest BCUT2D eigenvalue weighted by atomic mass is 10.1. The highest BCUT2D eigenvalue weighted by atomic mass is 79.9. The standard InChI is InChI=1S/C19H37N2O.BrH/c1-2-3-4-5-6-7-8-9-10-11-12-13-14-20-15-16-21(19-20)17-18-22;/h15-16,19,22H,2-14,17-18H2,1H3;1H/q+1;/p-1. The predicted octanol–water partition coefficient (Wildman–Crippen LogP) is 1.47. The summed E-state index contributed by atoms with van der Waals surface area (Å²) in [6.45, 7) is 4.30. The molecule has 1 aromatic rings. The molecule has 0 unspecified atom stereocenters. The van der Waals surface area contributed by atoms with Crippen molar-refractivity contribution in [3.8, 4) is 0 Å². The van der Waals surface area contributed by atoms with Gasteiger partial charge in [-0.15, -0.1) is 0 Å². The Morgan fingerprint density at radius 1 is 0.826 bits per heavy atom. The van der Waals surface area contributed by atoms with Crippen LogP contribution in [0, 0.1) is 0 Å². The zero-order valence-corrected chi connectivity index (χ0v) is 16.6. The van der Waals surface area contributed by atoms with Gasteiger partial charge >= 0.3 is 0 Å². The van der Waals surface area contributed by atoms with Gasteiger partial charge in [0.25, 0.3) is 0 Å². The molecule has 136 valence electrons. The van der Waals surface area contributed by atoms with Crippen LogP contribution in [0.15, 0.2) is 18.7 Å². The van der Waals surface area contributed by atoms with Gasteiger partial charge in [0.2, 0.25) is 6.33 Å². The Balaban J connectivity index is 0.00000484. The lowest BCUT2D eigenvalue weighted by Gasteiger charge is -2.02. The maximum absolute atomic E-state index is 8.89. The van der Waals surface area contributed by atoms with E-state index in [2.05, 4.69) is 24.0 Å². The van der Waals surface area contributed by atoms with E-state index in [0.717, 1.165) is 6.54 Å². The molecule has 1 rings (SSSR count). The molecule has 0 saturated heterocycles. The smallest absolute Gasteiger partial charge is 0.243 e. The normalized spacial score (nSPS) is 10.7. The van der Waals surface area contributed by atoms with Gasteiger partial charge in [0, 0.05) is 0 Å². The van der Waals surface area contributed by atoms with Gasteiger partial charge in [0.05, 0.1) is 13.2 Å². The van der Waals surface area contributed by atoms with Crippen molar-refractivity contribution in [1.82, 2.24) is 4.57 Å². The molecule has 1 heterocycles. The van der Waals surface area contributed by atoms with Crippen molar-refractivity contribution in [1.29, 1.82) is 0 Å². The molecule has 0 fully saturated rings. The number of unbranched alkanes of at least 4 members (excludes halogenated alkanes) is 11. The molecule has 3 nitrogen and oxygen atoms in total. The molecule has 0 atom stereocenters. The molecule has 0 aliphatic heterocycles. The Labute approximate surface area is 153 Å². The van der Waals surface area contributed by atoms with Crippen molar-refractivity contribution in [2.45, 2.75) is 97.1 Å². The molecule has 0 aromatic carbocycles. The zero-order chi connectivity index (χ0) is 15.9. The molecule has 0 aliphatic carbocycles. The van der Waals surface area contributed by atoms with Gasteiger partial charge in [-0.25, -0.2) is 9.13 Å². The van der Waals surface area contributed by atoms with E-state index in [-0.39, 0.29) is 23.6 Å². The number of rotatable bonds is 15. The van der Waals surface area contributed by atoms with E-state index in [1.165, 1.54) is 77.0 Å². The van der Waals surface area contributed by atoms with Crippen LogP contribution in [0.1, 0.15) is 84.0 Å². The molecule has 4 heteroatoms. The van der Waals surface area contributed by atoms with Crippen LogP contribution in [0.3, 0.4) is 0 Å². The fraction of sp³-hybridized carbons (Fsp3) is 0.842. The number of aliphatic hydroxyl groups excluding tert-OH is 1. The Morgan fingerprint density at radius 2 is 1.35 bits per heavy atom. The van der Waals surface area contributed by atoms with Crippen LogP contribution in [-0.2, 0) is 13.1 Å². The van der Waals surface area contributed by atoms with E-state index < -0.39 is 0 Å².